The van der Waals surface area contributed by atoms with Gasteiger partial charge >= 0.3 is 0 Å². The predicted octanol–water partition coefficient (Wildman–Crippen LogP) is 3.22. The fraction of sp³-hybridized carbons (Fsp3) is 0.538. The summed E-state index contributed by atoms with van der Waals surface area (Å²) in [6, 6.07) is 6.25. The summed E-state index contributed by atoms with van der Waals surface area (Å²) in [6.45, 7) is 2.16. The zero-order valence-electron chi connectivity index (χ0n) is 9.04. The molecule has 0 aliphatic heterocycles. The summed E-state index contributed by atoms with van der Waals surface area (Å²) in [4.78, 5) is 0. The number of rotatable bonds is 1. The van der Waals surface area contributed by atoms with Gasteiger partial charge < -0.3 is 5.11 Å². The van der Waals surface area contributed by atoms with Crippen LogP contribution in [-0.2, 0) is 5.60 Å². The minimum atomic E-state index is -0.731. The standard InChI is InChI=1S/C13H17FO/c1-10-3-2-8-13(15,9-10)11-4-6-12(14)7-5-11/h4-7,10,15H,2-3,8-9H2,1H3. The molecule has 0 spiro atoms. The molecule has 15 heavy (non-hydrogen) atoms. The van der Waals surface area contributed by atoms with Crippen LogP contribution in [0, 0.1) is 11.7 Å². The summed E-state index contributed by atoms with van der Waals surface area (Å²) in [5.41, 5.74) is 0.126. The van der Waals surface area contributed by atoms with Crippen LogP contribution in [-0.4, -0.2) is 5.11 Å². The first kappa shape index (κ1) is 10.6. The fourth-order valence-corrected chi connectivity index (χ4v) is 2.55. The highest BCUT2D eigenvalue weighted by molar-refractivity contribution is 5.23. The molecule has 1 aromatic carbocycles. The number of benzene rings is 1. The molecule has 2 heteroatoms. The summed E-state index contributed by atoms with van der Waals surface area (Å²) >= 11 is 0. The van der Waals surface area contributed by atoms with Crippen molar-refractivity contribution in [3.63, 3.8) is 0 Å². The molecule has 1 N–H and O–H groups in total. The second-order valence-electron chi connectivity index (χ2n) is 4.74. The van der Waals surface area contributed by atoms with Crippen LogP contribution < -0.4 is 0 Å². The van der Waals surface area contributed by atoms with Gasteiger partial charge in [-0.25, -0.2) is 4.39 Å². The average Bonchev–Trinajstić information content (AvgIpc) is 2.18. The molecule has 2 atom stereocenters. The molecule has 0 heterocycles. The molecule has 0 saturated heterocycles. The first-order valence-corrected chi connectivity index (χ1v) is 5.58. The number of halogens is 1. The van der Waals surface area contributed by atoms with Crippen LogP contribution in [0.4, 0.5) is 4.39 Å². The van der Waals surface area contributed by atoms with Crippen LogP contribution >= 0.6 is 0 Å². The largest absolute Gasteiger partial charge is 0.385 e. The van der Waals surface area contributed by atoms with Gasteiger partial charge in [0, 0.05) is 0 Å². The van der Waals surface area contributed by atoms with Crippen LogP contribution in [0.15, 0.2) is 24.3 Å². The van der Waals surface area contributed by atoms with Crippen molar-refractivity contribution >= 4 is 0 Å². The smallest absolute Gasteiger partial charge is 0.123 e. The summed E-state index contributed by atoms with van der Waals surface area (Å²) < 4.78 is 12.8. The van der Waals surface area contributed by atoms with Crippen molar-refractivity contribution in [1.29, 1.82) is 0 Å². The van der Waals surface area contributed by atoms with Gasteiger partial charge in [0.05, 0.1) is 5.60 Å². The lowest BCUT2D eigenvalue weighted by molar-refractivity contribution is -0.0179. The Morgan fingerprint density at radius 2 is 2.00 bits per heavy atom. The van der Waals surface area contributed by atoms with Crippen molar-refractivity contribution in [2.24, 2.45) is 5.92 Å². The van der Waals surface area contributed by atoms with Crippen molar-refractivity contribution in [2.75, 3.05) is 0 Å². The lowest BCUT2D eigenvalue weighted by Gasteiger charge is -2.36. The molecule has 1 saturated carbocycles. The normalized spacial score (nSPS) is 31.5. The van der Waals surface area contributed by atoms with E-state index in [0.717, 1.165) is 24.8 Å². The van der Waals surface area contributed by atoms with Crippen molar-refractivity contribution < 1.29 is 9.50 Å². The Bertz CT molecular complexity index is 333. The molecule has 0 aromatic heterocycles. The minimum absolute atomic E-state index is 0.244. The molecule has 1 aliphatic carbocycles. The van der Waals surface area contributed by atoms with Gasteiger partial charge in [-0.1, -0.05) is 25.5 Å². The molecule has 1 aromatic rings. The SMILES string of the molecule is CC1CCCC(O)(c2ccc(F)cc2)C1. The first-order valence-electron chi connectivity index (χ1n) is 5.58. The van der Waals surface area contributed by atoms with E-state index in [1.54, 1.807) is 12.1 Å². The van der Waals surface area contributed by atoms with Crippen LogP contribution in [0.25, 0.3) is 0 Å². The minimum Gasteiger partial charge on any atom is -0.385 e. The molecule has 2 rings (SSSR count). The van der Waals surface area contributed by atoms with E-state index in [4.69, 9.17) is 0 Å². The van der Waals surface area contributed by atoms with Gasteiger partial charge in [0.2, 0.25) is 0 Å². The molecule has 1 nitrogen and oxygen atoms in total. The van der Waals surface area contributed by atoms with Crippen molar-refractivity contribution in [3.05, 3.63) is 35.6 Å². The van der Waals surface area contributed by atoms with Crippen LogP contribution in [0.2, 0.25) is 0 Å². The Morgan fingerprint density at radius 3 is 2.60 bits per heavy atom. The Morgan fingerprint density at radius 1 is 1.33 bits per heavy atom. The average molecular weight is 208 g/mol. The molecule has 0 bridgehead atoms. The lowest BCUT2D eigenvalue weighted by Crippen LogP contribution is -2.31. The zero-order chi connectivity index (χ0) is 10.9. The number of hydrogen-bond acceptors (Lipinski definition) is 1. The molecule has 2 unspecified atom stereocenters. The van der Waals surface area contributed by atoms with Gasteiger partial charge in [0.15, 0.2) is 0 Å². The fourth-order valence-electron chi connectivity index (χ4n) is 2.55. The summed E-state index contributed by atoms with van der Waals surface area (Å²) in [5.74, 6) is 0.306. The lowest BCUT2D eigenvalue weighted by atomic mass is 9.75. The molecule has 1 aliphatic rings. The third kappa shape index (κ3) is 2.20. The molecule has 82 valence electrons. The Labute approximate surface area is 89.9 Å². The van der Waals surface area contributed by atoms with Gasteiger partial charge in [-0.05, 0) is 42.9 Å². The van der Waals surface area contributed by atoms with Gasteiger partial charge in [-0.2, -0.15) is 0 Å². The third-order valence-electron chi connectivity index (χ3n) is 3.35. The van der Waals surface area contributed by atoms with Gasteiger partial charge in [-0.3, -0.25) is 0 Å². The highest BCUT2D eigenvalue weighted by atomic mass is 19.1. The summed E-state index contributed by atoms with van der Waals surface area (Å²) in [7, 11) is 0. The van der Waals surface area contributed by atoms with Crippen LogP contribution in [0.5, 0.6) is 0 Å². The van der Waals surface area contributed by atoms with E-state index >= 15 is 0 Å². The second-order valence-corrected chi connectivity index (χ2v) is 4.74. The van der Waals surface area contributed by atoms with E-state index in [1.807, 2.05) is 0 Å². The first-order chi connectivity index (χ1) is 7.10. The maximum Gasteiger partial charge on any atom is 0.123 e. The Balaban J connectivity index is 2.24. The van der Waals surface area contributed by atoms with E-state index < -0.39 is 5.60 Å². The maximum atomic E-state index is 12.8. The van der Waals surface area contributed by atoms with Crippen molar-refractivity contribution in [3.8, 4) is 0 Å². The highest BCUT2D eigenvalue weighted by Crippen LogP contribution is 2.39. The zero-order valence-corrected chi connectivity index (χ0v) is 9.04. The van der Waals surface area contributed by atoms with Crippen LogP contribution in [0.1, 0.15) is 38.2 Å². The van der Waals surface area contributed by atoms with Crippen molar-refractivity contribution in [2.45, 2.75) is 38.2 Å². The molecule has 1 fully saturated rings. The second kappa shape index (κ2) is 3.93. The van der Waals surface area contributed by atoms with Crippen molar-refractivity contribution in [1.82, 2.24) is 0 Å². The Hall–Kier alpha value is -0.890. The van der Waals surface area contributed by atoms with E-state index in [2.05, 4.69) is 6.92 Å². The summed E-state index contributed by atoms with van der Waals surface area (Å²) in [6.07, 6.45) is 3.82. The van der Waals surface area contributed by atoms with E-state index in [-0.39, 0.29) is 5.82 Å². The highest BCUT2D eigenvalue weighted by Gasteiger charge is 2.33. The quantitative estimate of drug-likeness (QED) is 0.751. The van der Waals surface area contributed by atoms with E-state index in [0.29, 0.717) is 5.92 Å². The topological polar surface area (TPSA) is 20.2 Å². The summed E-state index contributed by atoms with van der Waals surface area (Å²) in [5, 5.41) is 10.5. The molecular formula is C13H17FO. The molecule has 0 amide bonds. The van der Waals surface area contributed by atoms with E-state index in [9.17, 15) is 9.50 Å². The number of aliphatic hydroxyl groups is 1. The number of hydrogen-bond donors (Lipinski definition) is 1. The molecule has 0 radical (unpaired) electrons. The van der Waals surface area contributed by atoms with Gasteiger partial charge in [-0.15, -0.1) is 0 Å². The van der Waals surface area contributed by atoms with Gasteiger partial charge in [0.25, 0.3) is 0 Å². The van der Waals surface area contributed by atoms with Gasteiger partial charge in [0.1, 0.15) is 5.82 Å². The van der Waals surface area contributed by atoms with Crippen LogP contribution in [0.3, 0.4) is 0 Å². The molecular weight excluding hydrogens is 191 g/mol. The Kier molecular flexibility index (Phi) is 2.79. The third-order valence-corrected chi connectivity index (χ3v) is 3.35. The monoisotopic (exact) mass is 208 g/mol. The van der Waals surface area contributed by atoms with E-state index in [1.165, 1.54) is 18.6 Å². The maximum absolute atomic E-state index is 12.8. The predicted molar refractivity (Wildman–Crippen MR) is 57.9 cm³/mol.